The Hall–Kier alpha value is -3.37. The van der Waals surface area contributed by atoms with Crippen LogP contribution in [0, 0.1) is 0 Å². The smallest absolute Gasteiger partial charge is 0.341 e. The van der Waals surface area contributed by atoms with Gasteiger partial charge in [-0.15, -0.1) is 21.5 Å². The van der Waals surface area contributed by atoms with Gasteiger partial charge in [-0.25, -0.2) is 4.79 Å². The average molecular weight is 469 g/mol. The number of furan rings is 1. The maximum atomic E-state index is 12.7. The molecule has 1 aromatic carbocycles. The van der Waals surface area contributed by atoms with Crippen molar-refractivity contribution in [2.45, 2.75) is 12.1 Å². The molecular formula is C22H20N4O4S2. The van der Waals surface area contributed by atoms with Crippen molar-refractivity contribution < 1.29 is 18.7 Å². The average Bonchev–Trinajstić information content (AvgIpc) is 3.53. The molecule has 0 aliphatic heterocycles. The Morgan fingerprint density at radius 1 is 1.19 bits per heavy atom. The quantitative estimate of drug-likeness (QED) is 0.295. The lowest BCUT2D eigenvalue weighted by molar-refractivity contribution is -0.113. The fraction of sp³-hybridized carbons (Fsp3) is 0.182. The topological polar surface area (TPSA) is 99.2 Å². The SMILES string of the molecule is CCOC(=O)c1c(-c2ccccc2)csc1NC(=O)CSc1nnc(-c2ccco2)n1C. The number of rotatable bonds is 8. The van der Waals surface area contributed by atoms with Gasteiger partial charge in [0.2, 0.25) is 5.91 Å². The molecular weight excluding hydrogens is 448 g/mol. The Balaban J connectivity index is 1.49. The van der Waals surface area contributed by atoms with Gasteiger partial charge < -0.3 is 19.0 Å². The number of hydrogen-bond acceptors (Lipinski definition) is 8. The number of carbonyl (C=O) groups is 2. The number of amides is 1. The van der Waals surface area contributed by atoms with Crippen molar-refractivity contribution in [2.24, 2.45) is 7.05 Å². The molecule has 4 rings (SSSR count). The summed E-state index contributed by atoms with van der Waals surface area (Å²) >= 11 is 2.54. The zero-order valence-electron chi connectivity index (χ0n) is 17.4. The Kier molecular flexibility index (Phi) is 6.72. The van der Waals surface area contributed by atoms with E-state index < -0.39 is 5.97 Å². The first-order chi connectivity index (χ1) is 15.6. The summed E-state index contributed by atoms with van der Waals surface area (Å²) < 4.78 is 12.4. The number of hydrogen-bond donors (Lipinski definition) is 1. The van der Waals surface area contributed by atoms with Crippen LogP contribution in [0.4, 0.5) is 5.00 Å². The predicted octanol–water partition coefficient (Wildman–Crippen LogP) is 4.71. The summed E-state index contributed by atoms with van der Waals surface area (Å²) in [6.45, 7) is 2.00. The van der Waals surface area contributed by atoms with Crippen LogP contribution in [0.25, 0.3) is 22.7 Å². The largest absolute Gasteiger partial charge is 0.462 e. The Morgan fingerprint density at radius 3 is 2.72 bits per heavy atom. The summed E-state index contributed by atoms with van der Waals surface area (Å²) in [5.41, 5.74) is 1.97. The standard InChI is InChI=1S/C22H20N4O4S2/c1-3-29-21(28)18-15(14-8-5-4-6-9-14)12-31-20(18)23-17(27)13-32-22-25-24-19(26(22)2)16-10-7-11-30-16/h4-12H,3,13H2,1-2H3,(H,23,27). The summed E-state index contributed by atoms with van der Waals surface area (Å²) in [5.74, 6) is 0.553. The Bertz CT molecular complexity index is 1220. The second kappa shape index (κ2) is 9.84. The number of thioether (sulfide) groups is 1. The number of aromatic nitrogens is 3. The summed E-state index contributed by atoms with van der Waals surface area (Å²) in [4.78, 5) is 25.3. The van der Waals surface area contributed by atoms with Crippen molar-refractivity contribution in [3.8, 4) is 22.7 Å². The van der Waals surface area contributed by atoms with Gasteiger partial charge in [-0.05, 0) is 24.6 Å². The molecule has 0 saturated heterocycles. The number of nitrogens with one attached hydrogen (secondary N) is 1. The van der Waals surface area contributed by atoms with Crippen molar-refractivity contribution >= 4 is 40.0 Å². The van der Waals surface area contributed by atoms with Crippen LogP contribution in [-0.4, -0.2) is 39.0 Å². The van der Waals surface area contributed by atoms with Crippen molar-refractivity contribution in [2.75, 3.05) is 17.7 Å². The summed E-state index contributed by atoms with van der Waals surface area (Å²) in [5, 5.41) is 14.0. The van der Waals surface area contributed by atoms with Crippen LogP contribution in [0.2, 0.25) is 0 Å². The Morgan fingerprint density at radius 2 is 2.00 bits per heavy atom. The van der Waals surface area contributed by atoms with Crippen molar-refractivity contribution in [3.63, 3.8) is 0 Å². The minimum absolute atomic E-state index is 0.102. The molecule has 0 fully saturated rings. The van der Waals surface area contributed by atoms with Gasteiger partial charge in [0.25, 0.3) is 0 Å². The zero-order valence-corrected chi connectivity index (χ0v) is 19.0. The van der Waals surface area contributed by atoms with Crippen LogP contribution in [0.3, 0.4) is 0 Å². The number of anilines is 1. The van der Waals surface area contributed by atoms with Crippen molar-refractivity contribution in [1.82, 2.24) is 14.8 Å². The predicted molar refractivity (Wildman–Crippen MR) is 124 cm³/mol. The number of nitrogens with zero attached hydrogens (tertiary/aromatic N) is 3. The molecule has 0 atom stereocenters. The van der Waals surface area contributed by atoms with Gasteiger partial charge in [0.15, 0.2) is 16.7 Å². The molecule has 3 aromatic heterocycles. The van der Waals surface area contributed by atoms with Crippen LogP contribution < -0.4 is 5.32 Å². The van der Waals surface area contributed by atoms with E-state index >= 15 is 0 Å². The second-order valence-electron chi connectivity index (χ2n) is 6.62. The van der Waals surface area contributed by atoms with E-state index in [0.29, 0.717) is 27.3 Å². The normalized spacial score (nSPS) is 10.8. The molecule has 0 aliphatic carbocycles. The van der Waals surface area contributed by atoms with Crippen LogP contribution in [0.5, 0.6) is 0 Å². The van der Waals surface area contributed by atoms with E-state index in [1.807, 2.05) is 42.8 Å². The van der Waals surface area contributed by atoms with E-state index in [9.17, 15) is 9.59 Å². The van der Waals surface area contributed by atoms with Gasteiger partial charge in [0.1, 0.15) is 10.6 Å². The monoisotopic (exact) mass is 468 g/mol. The van der Waals surface area contributed by atoms with Gasteiger partial charge in [-0.1, -0.05) is 42.1 Å². The van der Waals surface area contributed by atoms with Crippen LogP contribution in [0.1, 0.15) is 17.3 Å². The van der Waals surface area contributed by atoms with E-state index in [0.717, 1.165) is 11.1 Å². The summed E-state index contributed by atoms with van der Waals surface area (Å²) in [6, 6.07) is 13.1. The van der Waals surface area contributed by atoms with Gasteiger partial charge in [-0.2, -0.15) is 0 Å². The van der Waals surface area contributed by atoms with Gasteiger partial charge >= 0.3 is 5.97 Å². The first kappa shape index (κ1) is 21.8. The number of esters is 1. The minimum atomic E-state index is -0.466. The lowest BCUT2D eigenvalue weighted by Crippen LogP contribution is -2.16. The van der Waals surface area contributed by atoms with Crippen LogP contribution in [-0.2, 0) is 16.6 Å². The molecule has 0 saturated carbocycles. The molecule has 32 heavy (non-hydrogen) atoms. The van der Waals surface area contributed by atoms with Crippen molar-refractivity contribution in [1.29, 1.82) is 0 Å². The highest BCUT2D eigenvalue weighted by Gasteiger charge is 2.23. The summed E-state index contributed by atoms with van der Waals surface area (Å²) in [7, 11) is 1.81. The molecule has 1 N–H and O–H groups in total. The molecule has 0 unspecified atom stereocenters. The van der Waals surface area contributed by atoms with Gasteiger partial charge in [0.05, 0.1) is 18.6 Å². The van der Waals surface area contributed by atoms with Crippen molar-refractivity contribution in [3.05, 3.63) is 59.7 Å². The molecule has 0 radical (unpaired) electrons. The lowest BCUT2D eigenvalue weighted by atomic mass is 10.0. The number of ether oxygens (including phenoxy) is 1. The van der Waals surface area contributed by atoms with Gasteiger partial charge in [-0.3, -0.25) is 4.79 Å². The van der Waals surface area contributed by atoms with Crippen LogP contribution >= 0.6 is 23.1 Å². The number of carbonyl (C=O) groups excluding carboxylic acids is 2. The highest BCUT2D eigenvalue weighted by Crippen LogP contribution is 2.36. The lowest BCUT2D eigenvalue weighted by Gasteiger charge is -2.09. The molecule has 8 nitrogen and oxygen atoms in total. The number of thiophene rings is 1. The fourth-order valence-electron chi connectivity index (χ4n) is 3.04. The maximum Gasteiger partial charge on any atom is 0.341 e. The molecule has 3 heterocycles. The third-order valence-corrected chi connectivity index (χ3v) is 6.43. The molecule has 0 spiro atoms. The van der Waals surface area contributed by atoms with E-state index in [-0.39, 0.29) is 18.3 Å². The molecule has 10 heteroatoms. The third-order valence-electron chi connectivity index (χ3n) is 4.52. The molecule has 164 valence electrons. The molecule has 0 bridgehead atoms. The van der Waals surface area contributed by atoms with E-state index in [1.54, 1.807) is 29.9 Å². The highest BCUT2D eigenvalue weighted by atomic mass is 32.2. The minimum Gasteiger partial charge on any atom is -0.462 e. The van der Waals surface area contributed by atoms with Gasteiger partial charge in [0, 0.05) is 18.0 Å². The van der Waals surface area contributed by atoms with Crippen LogP contribution in [0.15, 0.2) is 63.7 Å². The molecule has 0 aliphatic rings. The summed E-state index contributed by atoms with van der Waals surface area (Å²) in [6.07, 6.45) is 1.57. The number of benzene rings is 1. The maximum absolute atomic E-state index is 12.7. The third kappa shape index (κ3) is 4.61. The fourth-order valence-corrected chi connectivity index (χ4v) is 4.72. The zero-order chi connectivity index (χ0) is 22.5. The molecule has 4 aromatic rings. The Labute approximate surface area is 192 Å². The van der Waals surface area contributed by atoms with E-state index in [2.05, 4.69) is 15.5 Å². The second-order valence-corrected chi connectivity index (χ2v) is 8.44. The first-order valence-corrected chi connectivity index (χ1v) is 11.6. The highest BCUT2D eigenvalue weighted by molar-refractivity contribution is 7.99. The molecule has 1 amide bonds. The van der Waals surface area contributed by atoms with E-state index in [1.165, 1.54) is 23.1 Å². The first-order valence-electron chi connectivity index (χ1n) is 9.78. The van der Waals surface area contributed by atoms with E-state index in [4.69, 9.17) is 9.15 Å².